The highest BCUT2D eigenvalue weighted by molar-refractivity contribution is 7.98. The van der Waals surface area contributed by atoms with Crippen molar-refractivity contribution in [1.82, 2.24) is 0 Å². The lowest BCUT2D eigenvalue weighted by Gasteiger charge is -2.07. The van der Waals surface area contributed by atoms with Gasteiger partial charge in [-0.05, 0) is 53.4 Å². The zero-order chi connectivity index (χ0) is 14.7. The SMILES string of the molecule is CSc1ccc(NC(=O)c2ccc3ccccc3c2)cc1. The van der Waals surface area contributed by atoms with Crippen LogP contribution in [0.4, 0.5) is 5.69 Å². The Kier molecular flexibility index (Phi) is 3.93. The average molecular weight is 293 g/mol. The van der Waals surface area contributed by atoms with Crippen molar-refractivity contribution in [3.05, 3.63) is 72.3 Å². The highest BCUT2D eigenvalue weighted by atomic mass is 32.2. The number of benzene rings is 3. The van der Waals surface area contributed by atoms with Gasteiger partial charge in [0.1, 0.15) is 0 Å². The fourth-order valence-electron chi connectivity index (χ4n) is 2.21. The van der Waals surface area contributed by atoms with Gasteiger partial charge in [-0.3, -0.25) is 4.79 Å². The van der Waals surface area contributed by atoms with Crippen LogP contribution in [0.3, 0.4) is 0 Å². The zero-order valence-corrected chi connectivity index (χ0v) is 12.5. The summed E-state index contributed by atoms with van der Waals surface area (Å²) >= 11 is 1.68. The molecule has 0 atom stereocenters. The van der Waals surface area contributed by atoms with E-state index in [9.17, 15) is 4.79 Å². The molecular weight excluding hydrogens is 278 g/mol. The van der Waals surface area contributed by atoms with Gasteiger partial charge in [0.25, 0.3) is 5.91 Å². The summed E-state index contributed by atoms with van der Waals surface area (Å²) in [5, 5.41) is 5.14. The number of carbonyl (C=O) groups is 1. The van der Waals surface area contributed by atoms with E-state index in [0.717, 1.165) is 16.5 Å². The minimum absolute atomic E-state index is 0.0855. The summed E-state index contributed by atoms with van der Waals surface area (Å²) < 4.78 is 0. The molecule has 0 aromatic heterocycles. The highest BCUT2D eigenvalue weighted by Gasteiger charge is 2.06. The monoisotopic (exact) mass is 293 g/mol. The quantitative estimate of drug-likeness (QED) is 0.702. The predicted octanol–water partition coefficient (Wildman–Crippen LogP) is 4.81. The minimum Gasteiger partial charge on any atom is -0.322 e. The standard InChI is InChI=1S/C18H15NOS/c1-21-17-10-8-16(9-11-17)19-18(20)15-7-6-13-4-2-3-5-14(13)12-15/h2-12H,1H3,(H,19,20). The van der Waals surface area contributed by atoms with Crippen molar-refractivity contribution >= 4 is 34.1 Å². The van der Waals surface area contributed by atoms with Crippen molar-refractivity contribution in [1.29, 1.82) is 0 Å². The molecule has 1 N–H and O–H groups in total. The van der Waals surface area contributed by atoms with Crippen LogP contribution in [-0.2, 0) is 0 Å². The van der Waals surface area contributed by atoms with E-state index in [4.69, 9.17) is 0 Å². The Hall–Kier alpha value is -2.26. The van der Waals surface area contributed by atoms with Crippen LogP contribution in [0, 0.1) is 0 Å². The van der Waals surface area contributed by atoms with Crippen molar-refractivity contribution in [3.8, 4) is 0 Å². The van der Waals surface area contributed by atoms with Crippen LogP contribution in [0.1, 0.15) is 10.4 Å². The maximum atomic E-state index is 12.3. The molecule has 2 nitrogen and oxygen atoms in total. The molecule has 3 aromatic carbocycles. The summed E-state index contributed by atoms with van der Waals surface area (Å²) in [5.41, 5.74) is 1.48. The molecule has 21 heavy (non-hydrogen) atoms. The van der Waals surface area contributed by atoms with Crippen molar-refractivity contribution in [2.45, 2.75) is 4.90 Å². The second kappa shape index (κ2) is 6.02. The van der Waals surface area contributed by atoms with E-state index in [1.165, 1.54) is 4.90 Å². The van der Waals surface area contributed by atoms with E-state index in [0.29, 0.717) is 5.56 Å². The molecule has 0 bridgehead atoms. The molecule has 0 unspecified atom stereocenters. The van der Waals surface area contributed by atoms with Crippen molar-refractivity contribution in [2.75, 3.05) is 11.6 Å². The van der Waals surface area contributed by atoms with Gasteiger partial charge in [0.2, 0.25) is 0 Å². The number of carbonyl (C=O) groups excluding carboxylic acids is 1. The molecule has 3 heteroatoms. The van der Waals surface area contributed by atoms with Crippen molar-refractivity contribution in [3.63, 3.8) is 0 Å². The molecule has 0 saturated carbocycles. The Morgan fingerprint density at radius 3 is 2.33 bits per heavy atom. The van der Waals surface area contributed by atoms with Crippen molar-refractivity contribution in [2.24, 2.45) is 0 Å². The normalized spacial score (nSPS) is 10.5. The first kappa shape index (κ1) is 13.7. The predicted molar refractivity (Wildman–Crippen MR) is 90.1 cm³/mol. The highest BCUT2D eigenvalue weighted by Crippen LogP contribution is 2.19. The maximum absolute atomic E-state index is 12.3. The number of rotatable bonds is 3. The Morgan fingerprint density at radius 2 is 1.62 bits per heavy atom. The fourth-order valence-corrected chi connectivity index (χ4v) is 2.62. The molecule has 104 valence electrons. The van der Waals surface area contributed by atoms with Gasteiger partial charge in [0.05, 0.1) is 0 Å². The lowest BCUT2D eigenvalue weighted by atomic mass is 10.1. The average Bonchev–Trinajstić information content (AvgIpc) is 2.55. The van der Waals surface area contributed by atoms with Crippen LogP contribution in [0.25, 0.3) is 10.8 Å². The Bertz CT molecular complexity index is 781. The van der Waals surface area contributed by atoms with E-state index >= 15 is 0 Å². The molecule has 0 aliphatic heterocycles. The first-order valence-electron chi connectivity index (χ1n) is 6.70. The number of hydrogen-bond acceptors (Lipinski definition) is 2. The number of fused-ring (bicyclic) bond motifs is 1. The van der Waals surface area contributed by atoms with Crippen LogP contribution in [0.5, 0.6) is 0 Å². The van der Waals surface area contributed by atoms with Gasteiger partial charge in [0, 0.05) is 16.1 Å². The third-order valence-corrected chi connectivity index (χ3v) is 4.10. The maximum Gasteiger partial charge on any atom is 0.255 e. The number of anilines is 1. The van der Waals surface area contributed by atoms with Gasteiger partial charge in [-0.1, -0.05) is 30.3 Å². The van der Waals surface area contributed by atoms with Crippen molar-refractivity contribution < 1.29 is 4.79 Å². The largest absolute Gasteiger partial charge is 0.322 e. The van der Waals surface area contributed by atoms with E-state index in [1.807, 2.05) is 73.0 Å². The summed E-state index contributed by atoms with van der Waals surface area (Å²) in [6.45, 7) is 0. The van der Waals surface area contributed by atoms with Gasteiger partial charge in [-0.2, -0.15) is 0 Å². The van der Waals surface area contributed by atoms with Crippen LogP contribution >= 0.6 is 11.8 Å². The van der Waals surface area contributed by atoms with E-state index < -0.39 is 0 Å². The van der Waals surface area contributed by atoms with Gasteiger partial charge in [-0.15, -0.1) is 11.8 Å². The lowest BCUT2D eigenvalue weighted by Crippen LogP contribution is -2.11. The van der Waals surface area contributed by atoms with Gasteiger partial charge in [-0.25, -0.2) is 0 Å². The Labute approximate surface area is 128 Å². The Balaban J connectivity index is 1.82. The molecule has 0 fully saturated rings. The molecule has 0 aliphatic carbocycles. The van der Waals surface area contributed by atoms with Gasteiger partial charge in [0.15, 0.2) is 0 Å². The fraction of sp³-hybridized carbons (Fsp3) is 0.0556. The summed E-state index contributed by atoms with van der Waals surface area (Å²) in [6, 6.07) is 21.6. The summed E-state index contributed by atoms with van der Waals surface area (Å²) in [7, 11) is 0. The van der Waals surface area contributed by atoms with Gasteiger partial charge < -0.3 is 5.32 Å². The first-order valence-corrected chi connectivity index (χ1v) is 7.93. The number of nitrogens with one attached hydrogen (secondary N) is 1. The van der Waals surface area contributed by atoms with Crippen LogP contribution < -0.4 is 5.32 Å². The third-order valence-electron chi connectivity index (χ3n) is 3.36. The molecule has 3 aromatic rings. The van der Waals surface area contributed by atoms with E-state index in [2.05, 4.69) is 5.32 Å². The smallest absolute Gasteiger partial charge is 0.255 e. The zero-order valence-electron chi connectivity index (χ0n) is 11.7. The molecule has 0 spiro atoms. The second-order valence-corrected chi connectivity index (χ2v) is 5.62. The van der Waals surface area contributed by atoms with E-state index in [-0.39, 0.29) is 5.91 Å². The summed E-state index contributed by atoms with van der Waals surface area (Å²) in [5.74, 6) is -0.0855. The minimum atomic E-state index is -0.0855. The summed E-state index contributed by atoms with van der Waals surface area (Å²) in [6.07, 6.45) is 2.03. The second-order valence-electron chi connectivity index (χ2n) is 4.74. The topological polar surface area (TPSA) is 29.1 Å². The van der Waals surface area contributed by atoms with E-state index in [1.54, 1.807) is 11.8 Å². The first-order chi connectivity index (χ1) is 10.3. The molecule has 0 radical (unpaired) electrons. The lowest BCUT2D eigenvalue weighted by molar-refractivity contribution is 0.102. The molecule has 0 aliphatic rings. The number of thioether (sulfide) groups is 1. The third kappa shape index (κ3) is 3.09. The summed E-state index contributed by atoms with van der Waals surface area (Å²) in [4.78, 5) is 13.5. The number of amides is 1. The van der Waals surface area contributed by atoms with Crippen LogP contribution in [0.15, 0.2) is 71.6 Å². The molecule has 0 heterocycles. The van der Waals surface area contributed by atoms with Crippen LogP contribution in [-0.4, -0.2) is 12.2 Å². The molecule has 0 saturated heterocycles. The van der Waals surface area contributed by atoms with Gasteiger partial charge >= 0.3 is 0 Å². The molecule has 3 rings (SSSR count). The molecular formula is C18H15NOS. The number of hydrogen-bond donors (Lipinski definition) is 1. The van der Waals surface area contributed by atoms with Crippen LogP contribution in [0.2, 0.25) is 0 Å². The Morgan fingerprint density at radius 1 is 0.905 bits per heavy atom. The molecule has 1 amide bonds.